The first kappa shape index (κ1) is 14.1. The highest BCUT2D eigenvalue weighted by molar-refractivity contribution is 7.98. The molecule has 0 amide bonds. The maximum atomic E-state index is 10.8. The van der Waals surface area contributed by atoms with Gasteiger partial charge in [-0.15, -0.1) is 11.8 Å². The van der Waals surface area contributed by atoms with Crippen molar-refractivity contribution in [1.82, 2.24) is 9.97 Å². The van der Waals surface area contributed by atoms with Gasteiger partial charge in [-0.1, -0.05) is 0 Å². The van der Waals surface area contributed by atoms with Crippen molar-refractivity contribution in [2.24, 2.45) is 0 Å². The molecule has 20 heavy (non-hydrogen) atoms. The van der Waals surface area contributed by atoms with Gasteiger partial charge in [0.15, 0.2) is 0 Å². The molecule has 0 saturated carbocycles. The van der Waals surface area contributed by atoms with Crippen molar-refractivity contribution in [2.75, 3.05) is 17.3 Å². The summed E-state index contributed by atoms with van der Waals surface area (Å²) in [5.41, 5.74) is 7.43. The summed E-state index contributed by atoms with van der Waals surface area (Å²) in [6.45, 7) is 2.01. The van der Waals surface area contributed by atoms with Gasteiger partial charge in [-0.2, -0.15) is 4.98 Å². The number of hydrogen-bond donors (Lipinski definition) is 3. The van der Waals surface area contributed by atoms with E-state index in [1.807, 2.05) is 31.4 Å². The minimum atomic E-state index is -1.14. The Morgan fingerprint density at radius 2 is 2.20 bits per heavy atom. The Hall–Kier alpha value is -2.28. The van der Waals surface area contributed by atoms with E-state index in [-0.39, 0.29) is 17.3 Å². The molecule has 0 atom stereocenters. The van der Waals surface area contributed by atoms with Crippen LogP contribution in [0.4, 0.5) is 17.5 Å². The molecule has 0 saturated heterocycles. The molecular weight excluding hydrogens is 276 g/mol. The maximum Gasteiger partial charge on any atom is 0.341 e. The number of aryl methyl sites for hydroxylation is 1. The van der Waals surface area contributed by atoms with Gasteiger partial charge in [-0.25, -0.2) is 9.78 Å². The number of thioether (sulfide) groups is 1. The van der Waals surface area contributed by atoms with Crippen LogP contribution in [-0.2, 0) is 0 Å². The summed E-state index contributed by atoms with van der Waals surface area (Å²) in [6.07, 6.45) is 3.21. The zero-order chi connectivity index (χ0) is 14.7. The van der Waals surface area contributed by atoms with Crippen LogP contribution in [0.5, 0.6) is 0 Å². The lowest BCUT2D eigenvalue weighted by atomic mass is 10.2. The third-order valence-corrected chi connectivity index (χ3v) is 3.60. The van der Waals surface area contributed by atoms with E-state index in [0.717, 1.165) is 11.3 Å². The second-order valence-electron chi connectivity index (χ2n) is 4.11. The number of carboxylic acid groups (broad SMARTS) is 1. The minimum Gasteiger partial charge on any atom is -0.477 e. The Labute approximate surface area is 120 Å². The van der Waals surface area contributed by atoms with Crippen LogP contribution in [-0.4, -0.2) is 27.3 Å². The molecule has 7 heteroatoms. The van der Waals surface area contributed by atoms with E-state index in [0.29, 0.717) is 0 Å². The number of rotatable bonds is 4. The Kier molecular flexibility index (Phi) is 4.09. The molecular formula is C13H14N4O2S. The summed E-state index contributed by atoms with van der Waals surface area (Å²) in [4.78, 5) is 19.9. The van der Waals surface area contributed by atoms with Gasteiger partial charge in [0.25, 0.3) is 0 Å². The zero-order valence-electron chi connectivity index (χ0n) is 11.0. The molecule has 4 N–H and O–H groups in total. The number of carboxylic acids is 1. The molecule has 0 fully saturated rings. The highest BCUT2D eigenvalue weighted by Gasteiger charge is 2.11. The molecule has 1 aromatic carbocycles. The van der Waals surface area contributed by atoms with Crippen LogP contribution in [0.2, 0.25) is 0 Å². The number of nitrogens with one attached hydrogen (secondary N) is 1. The van der Waals surface area contributed by atoms with E-state index in [1.165, 1.54) is 11.1 Å². The summed E-state index contributed by atoms with van der Waals surface area (Å²) < 4.78 is 0. The summed E-state index contributed by atoms with van der Waals surface area (Å²) >= 11 is 1.67. The average Bonchev–Trinajstić information content (AvgIpc) is 2.38. The number of nitrogens with two attached hydrogens (primary N) is 1. The Morgan fingerprint density at radius 1 is 1.45 bits per heavy atom. The number of aromatic carboxylic acids is 1. The predicted octanol–water partition coefficient (Wildman–Crippen LogP) is 2.53. The van der Waals surface area contributed by atoms with E-state index in [1.54, 1.807) is 11.8 Å². The summed E-state index contributed by atoms with van der Waals surface area (Å²) in [7, 11) is 0. The second-order valence-corrected chi connectivity index (χ2v) is 4.96. The van der Waals surface area contributed by atoms with Crippen molar-refractivity contribution in [1.29, 1.82) is 0 Å². The molecule has 0 aliphatic carbocycles. The van der Waals surface area contributed by atoms with E-state index < -0.39 is 5.97 Å². The van der Waals surface area contributed by atoms with Gasteiger partial charge in [-0.3, -0.25) is 0 Å². The van der Waals surface area contributed by atoms with Gasteiger partial charge in [0, 0.05) is 16.8 Å². The van der Waals surface area contributed by atoms with E-state index in [2.05, 4.69) is 15.3 Å². The number of nitrogens with zero attached hydrogens (tertiary/aromatic N) is 2. The van der Waals surface area contributed by atoms with E-state index in [9.17, 15) is 4.79 Å². The van der Waals surface area contributed by atoms with Crippen LogP contribution < -0.4 is 11.1 Å². The van der Waals surface area contributed by atoms with Crippen molar-refractivity contribution in [3.63, 3.8) is 0 Å². The highest BCUT2D eigenvalue weighted by Crippen LogP contribution is 2.24. The average molecular weight is 290 g/mol. The number of aromatic nitrogens is 2. The third kappa shape index (κ3) is 3.00. The standard InChI is InChI=1S/C13H14N4O2S/c1-7-5-8(3-4-10(7)20-2)16-13-15-6-9(12(18)19)11(14)17-13/h3-6H,1-2H3,(H,18,19)(H3,14,15,16,17). The van der Waals surface area contributed by atoms with Crippen molar-refractivity contribution >= 4 is 35.2 Å². The first-order valence-electron chi connectivity index (χ1n) is 5.78. The van der Waals surface area contributed by atoms with Gasteiger partial charge in [0.2, 0.25) is 5.95 Å². The summed E-state index contributed by atoms with van der Waals surface area (Å²) in [5.74, 6) is -0.939. The van der Waals surface area contributed by atoms with Gasteiger partial charge in [-0.05, 0) is 36.9 Å². The van der Waals surface area contributed by atoms with Crippen LogP contribution in [0.15, 0.2) is 29.3 Å². The van der Waals surface area contributed by atoms with E-state index >= 15 is 0 Å². The lowest BCUT2D eigenvalue weighted by Gasteiger charge is -2.09. The van der Waals surface area contributed by atoms with Crippen molar-refractivity contribution < 1.29 is 9.90 Å². The van der Waals surface area contributed by atoms with Crippen LogP contribution in [0, 0.1) is 6.92 Å². The lowest BCUT2D eigenvalue weighted by molar-refractivity contribution is 0.0697. The predicted molar refractivity (Wildman–Crippen MR) is 79.6 cm³/mol. The Balaban J connectivity index is 2.24. The normalized spacial score (nSPS) is 10.3. The molecule has 1 aromatic heterocycles. The molecule has 1 heterocycles. The first-order chi connectivity index (χ1) is 9.51. The third-order valence-electron chi connectivity index (χ3n) is 2.70. The maximum absolute atomic E-state index is 10.8. The number of anilines is 3. The van der Waals surface area contributed by atoms with Gasteiger partial charge in [0.1, 0.15) is 11.4 Å². The molecule has 2 rings (SSSR count). The molecule has 104 valence electrons. The fraction of sp³-hybridized carbons (Fsp3) is 0.154. The molecule has 0 aliphatic heterocycles. The van der Waals surface area contributed by atoms with E-state index in [4.69, 9.17) is 10.8 Å². The highest BCUT2D eigenvalue weighted by atomic mass is 32.2. The largest absolute Gasteiger partial charge is 0.477 e. The summed E-state index contributed by atoms with van der Waals surface area (Å²) in [5, 5.41) is 11.9. The molecule has 0 unspecified atom stereocenters. The number of benzene rings is 1. The smallest absolute Gasteiger partial charge is 0.341 e. The molecule has 2 aromatic rings. The van der Waals surface area contributed by atoms with Crippen molar-refractivity contribution in [2.45, 2.75) is 11.8 Å². The zero-order valence-corrected chi connectivity index (χ0v) is 11.9. The fourth-order valence-corrected chi connectivity index (χ4v) is 2.29. The number of nitrogen functional groups attached to an aromatic ring is 1. The van der Waals surface area contributed by atoms with Crippen LogP contribution >= 0.6 is 11.8 Å². The monoisotopic (exact) mass is 290 g/mol. The van der Waals surface area contributed by atoms with Crippen molar-refractivity contribution in [3.05, 3.63) is 35.5 Å². The minimum absolute atomic E-state index is 0.0625. The topological polar surface area (TPSA) is 101 Å². The summed E-state index contributed by atoms with van der Waals surface area (Å²) in [6, 6.07) is 5.87. The Morgan fingerprint density at radius 3 is 2.75 bits per heavy atom. The second kappa shape index (κ2) is 5.79. The van der Waals surface area contributed by atoms with Gasteiger partial charge < -0.3 is 16.2 Å². The number of hydrogen-bond acceptors (Lipinski definition) is 6. The molecule has 0 radical (unpaired) electrons. The number of carbonyl (C=O) groups is 1. The molecule has 0 bridgehead atoms. The van der Waals surface area contributed by atoms with Gasteiger partial charge in [0.05, 0.1) is 0 Å². The Bertz CT molecular complexity index is 661. The quantitative estimate of drug-likeness (QED) is 0.744. The fourth-order valence-electron chi connectivity index (χ4n) is 1.71. The van der Waals surface area contributed by atoms with Crippen molar-refractivity contribution in [3.8, 4) is 0 Å². The van der Waals surface area contributed by atoms with Crippen LogP contribution in [0.1, 0.15) is 15.9 Å². The van der Waals surface area contributed by atoms with Crippen LogP contribution in [0.3, 0.4) is 0 Å². The molecule has 0 spiro atoms. The molecule has 0 aliphatic rings. The lowest BCUT2D eigenvalue weighted by Crippen LogP contribution is -2.08. The SMILES string of the molecule is CSc1ccc(Nc2ncc(C(=O)O)c(N)n2)cc1C. The molecule has 6 nitrogen and oxygen atoms in total. The van der Waals surface area contributed by atoms with Crippen LogP contribution in [0.25, 0.3) is 0 Å². The van der Waals surface area contributed by atoms with Gasteiger partial charge >= 0.3 is 5.97 Å². The first-order valence-corrected chi connectivity index (χ1v) is 7.01.